The van der Waals surface area contributed by atoms with Gasteiger partial charge in [-0.05, 0) is 18.2 Å². The Morgan fingerprint density at radius 1 is 1.11 bits per heavy atom. The van der Waals surface area contributed by atoms with Crippen molar-refractivity contribution >= 4 is 11.3 Å². The second kappa shape index (κ2) is 4.53. The number of allylic oxidation sites excluding steroid dienone is 1. The summed E-state index contributed by atoms with van der Waals surface area (Å²) in [5.74, 6) is -0.111. The number of hydrogen-bond acceptors (Lipinski definition) is 2. The zero-order chi connectivity index (χ0) is 13.2. The van der Waals surface area contributed by atoms with Crippen LogP contribution in [0.3, 0.4) is 0 Å². The summed E-state index contributed by atoms with van der Waals surface area (Å²) in [6, 6.07) is 15.4. The second-order valence-corrected chi connectivity index (χ2v) is 4.19. The third kappa shape index (κ3) is 1.85. The largest absolute Gasteiger partial charge is 0.289 e. The first-order valence-corrected chi connectivity index (χ1v) is 6.01. The van der Waals surface area contributed by atoms with Crippen LogP contribution in [0.5, 0.6) is 0 Å². The third-order valence-corrected chi connectivity index (χ3v) is 3.02. The maximum atomic E-state index is 12.1. The molecule has 0 saturated carbocycles. The molecule has 0 bridgehead atoms. The van der Waals surface area contributed by atoms with Crippen molar-refractivity contribution in [1.29, 1.82) is 0 Å². The van der Waals surface area contributed by atoms with E-state index in [1.165, 1.54) is 6.08 Å². The highest BCUT2D eigenvalue weighted by Crippen LogP contribution is 2.26. The predicted octanol–water partition coefficient (Wildman–Crippen LogP) is 3.37. The number of benzene rings is 1. The van der Waals surface area contributed by atoms with Crippen molar-refractivity contribution in [2.24, 2.45) is 0 Å². The van der Waals surface area contributed by atoms with E-state index in [2.05, 4.69) is 11.7 Å². The summed E-state index contributed by atoms with van der Waals surface area (Å²) < 4.78 is 1.72. The standard InChI is InChI=1S/C16H12N2O/c1-2-14(19)15-13-10-6-7-11-18(13)17-16(15)12-8-4-3-5-9-12/h2-11H,1H2. The van der Waals surface area contributed by atoms with Crippen molar-refractivity contribution in [1.82, 2.24) is 9.61 Å². The molecule has 0 aliphatic rings. The SMILES string of the molecule is C=CC(=O)c1c(-c2ccccc2)nn2ccccc12. The van der Waals surface area contributed by atoms with Crippen LogP contribution in [-0.2, 0) is 0 Å². The van der Waals surface area contributed by atoms with Crippen LogP contribution < -0.4 is 0 Å². The van der Waals surface area contributed by atoms with Gasteiger partial charge < -0.3 is 0 Å². The summed E-state index contributed by atoms with van der Waals surface area (Å²) in [7, 11) is 0. The smallest absolute Gasteiger partial charge is 0.189 e. The van der Waals surface area contributed by atoms with Gasteiger partial charge in [0.05, 0.1) is 11.1 Å². The van der Waals surface area contributed by atoms with Gasteiger partial charge in [0.1, 0.15) is 5.69 Å². The molecule has 3 aromatic rings. The Hall–Kier alpha value is -2.68. The lowest BCUT2D eigenvalue weighted by molar-refractivity contribution is 0.104. The molecule has 19 heavy (non-hydrogen) atoms. The minimum absolute atomic E-state index is 0.111. The van der Waals surface area contributed by atoms with E-state index in [0.717, 1.165) is 11.1 Å². The van der Waals surface area contributed by atoms with Crippen LogP contribution in [0, 0.1) is 0 Å². The number of hydrogen-bond donors (Lipinski definition) is 0. The molecule has 3 nitrogen and oxygen atoms in total. The Balaban J connectivity index is 2.35. The van der Waals surface area contributed by atoms with Crippen molar-refractivity contribution in [2.45, 2.75) is 0 Å². The fraction of sp³-hybridized carbons (Fsp3) is 0. The molecule has 2 aromatic heterocycles. The van der Waals surface area contributed by atoms with E-state index in [9.17, 15) is 4.79 Å². The zero-order valence-electron chi connectivity index (χ0n) is 10.3. The van der Waals surface area contributed by atoms with Crippen LogP contribution in [0.2, 0.25) is 0 Å². The van der Waals surface area contributed by atoms with Crippen molar-refractivity contribution in [3.8, 4) is 11.3 Å². The van der Waals surface area contributed by atoms with Gasteiger partial charge in [-0.25, -0.2) is 4.52 Å². The molecule has 0 radical (unpaired) electrons. The summed E-state index contributed by atoms with van der Waals surface area (Å²) in [6.45, 7) is 3.57. The molecule has 0 aliphatic heterocycles. The maximum absolute atomic E-state index is 12.1. The van der Waals surface area contributed by atoms with Crippen molar-refractivity contribution < 1.29 is 4.79 Å². The molecular weight excluding hydrogens is 236 g/mol. The van der Waals surface area contributed by atoms with E-state index >= 15 is 0 Å². The van der Waals surface area contributed by atoms with Gasteiger partial charge in [-0.3, -0.25) is 4.79 Å². The highest BCUT2D eigenvalue weighted by molar-refractivity contribution is 6.13. The Morgan fingerprint density at radius 2 is 1.84 bits per heavy atom. The molecule has 0 spiro atoms. The topological polar surface area (TPSA) is 34.4 Å². The molecule has 0 amide bonds. The average Bonchev–Trinajstić information content (AvgIpc) is 2.87. The number of carbonyl (C=O) groups excluding carboxylic acids is 1. The van der Waals surface area contributed by atoms with Crippen LogP contribution in [0.25, 0.3) is 16.8 Å². The number of fused-ring (bicyclic) bond motifs is 1. The Labute approximate surface area is 110 Å². The van der Waals surface area contributed by atoms with Gasteiger partial charge in [0.25, 0.3) is 0 Å². The summed E-state index contributed by atoms with van der Waals surface area (Å²) in [4.78, 5) is 12.1. The quantitative estimate of drug-likeness (QED) is 0.526. The number of carbonyl (C=O) groups is 1. The van der Waals surface area contributed by atoms with Crippen LogP contribution in [0.4, 0.5) is 0 Å². The lowest BCUT2D eigenvalue weighted by Gasteiger charge is -1.99. The predicted molar refractivity (Wildman–Crippen MR) is 75.2 cm³/mol. The fourth-order valence-corrected chi connectivity index (χ4v) is 2.14. The van der Waals surface area contributed by atoms with Gasteiger partial charge in [-0.1, -0.05) is 43.0 Å². The summed E-state index contributed by atoms with van der Waals surface area (Å²) in [5.41, 5.74) is 3.01. The summed E-state index contributed by atoms with van der Waals surface area (Å²) >= 11 is 0. The normalized spacial score (nSPS) is 10.5. The minimum Gasteiger partial charge on any atom is -0.289 e. The van der Waals surface area contributed by atoms with Gasteiger partial charge in [-0.2, -0.15) is 5.10 Å². The summed E-state index contributed by atoms with van der Waals surface area (Å²) in [5, 5.41) is 4.50. The number of aromatic nitrogens is 2. The highest BCUT2D eigenvalue weighted by Gasteiger charge is 2.18. The molecule has 0 unspecified atom stereocenters. The van der Waals surface area contributed by atoms with Crippen molar-refractivity contribution in [3.63, 3.8) is 0 Å². The monoisotopic (exact) mass is 248 g/mol. The molecule has 0 N–H and O–H groups in total. The molecule has 3 rings (SSSR count). The van der Waals surface area contributed by atoms with Gasteiger partial charge in [0, 0.05) is 11.8 Å². The molecule has 0 saturated heterocycles. The van der Waals surface area contributed by atoms with E-state index in [1.54, 1.807) is 4.52 Å². The molecule has 0 aliphatic carbocycles. The maximum Gasteiger partial charge on any atom is 0.189 e. The minimum atomic E-state index is -0.111. The molecule has 92 valence electrons. The Kier molecular flexibility index (Phi) is 2.72. The molecule has 0 fully saturated rings. The average molecular weight is 248 g/mol. The van der Waals surface area contributed by atoms with E-state index in [-0.39, 0.29) is 5.78 Å². The Bertz CT molecular complexity index is 757. The van der Waals surface area contributed by atoms with Crippen LogP contribution in [0.15, 0.2) is 67.4 Å². The van der Waals surface area contributed by atoms with E-state index in [4.69, 9.17) is 0 Å². The van der Waals surface area contributed by atoms with Crippen molar-refractivity contribution in [3.05, 3.63) is 72.9 Å². The second-order valence-electron chi connectivity index (χ2n) is 4.19. The van der Waals surface area contributed by atoms with E-state index < -0.39 is 0 Å². The van der Waals surface area contributed by atoms with E-state index in [1.807, 2.05) is 54.7 Å². The van der Waals surface area contributed by atoms with Gasteiger partial charge in [0.2, 0.25) is 0 Å². The van der Waals surface area contributed by atoms with E-state index in [0.29, 0.717) is 11.3 Å². The number of rotatable bonds is 3. The van der Waals surface area contributed by atoms with Gasteiger partial charge in [0.15, 0.2) is 5.78 Å². The number of ketones is 1. The Morgan fingerprint density at radius 3 is 2.58 bits per heavy atom. The van der Waals surface area contributed by atoms with Gasteiger partial charge >= 0.3 is 0 Å². The first-order chi connectivity index (χ1) is 9.31. The molecular formula is C16H12N2O. The number of pyridine rings is 1. The molecule has 0 atom stereocenters. The number of nitrogens with zero attached hydrogens (tertiary/aromatic N) is 2. The fourth-order valence-electron chi connectivity index (χ4n) is 2.14. The molecule has 3 heteroatoms. The third-order valence-electron chi connectivity index (χ3n) is 3.02. The summed E-state index contributed by atoms with van der Waals surface area (Å²) in [6.07, 6.45) is 3.16. The van der Waals surface area contributed by atoms with Gasteiger partial charge in [-0.15, -0.1) is 0 Å². The lowest BCUT2D eigenvalue weighted by atomic mass is 10.0. The zero-order valence-corrected chi connectivity index (χ0v) is 10.3. The van der Waals surface area contributed by atoms with Crippen LogP contribution >= 0.6 is 0 Å². The van der Waals surface area contributed by atoms with Crippen LogP contribution in [-0.4, -0.2) is 15.4 Å². The lowest BCUT2D eigenvalue weighted by Crippen LogP contribution is -1.95. The highest BCUT2D eigenvalue weighted by atomic mass is 16.1. The molecule has 1 aromatic carbocycles. The van der Waals surface area contributed by atoms with Crippen molar-refractivity contribution in [2.75, 3.05) is 0 Å². The first kappa shape index (κ1) is 11.4. The molecule has 2 heterocycles. The first-order valence-electron chi connectivity index (χ1n) is 6.01. The van der Waals surface area contributed by atoms with Crippen LogP contribution in [0.1, 0.15) is 10.4 Å².